The van der Waals surface area contributed by atoms with Gasteiger partial charge in [0.1, 0.15) is 0 Å². The molecule has 0 saturated carbocycles. The SMILES string of the molecule is C[C@@H]1CN[C@@H](CCO[Si](C)(C)C(C)(C)C)CN1. The van der Waals surface area contributed by atoms with Gasteiger partial charge in [0.2, 0.25) is 0 Å². The van der Waals surface area contributed by atoms with Crippen LogP contribution in [0.2, 0.25) is 18.1 Å². The summed E-state index contributed by atoms with van der Waals surface area (Å²) < 4.78 is 6.19. The summed E-state index contributed by atoms with van der Waals surface area (Å²) in [4.78, 5) is 0. The Hall–Kier alpha value is 0.0969. The number of nitrogens with one attached hydrogen (secondary N) is 2. The van der Waals surface area contributed by atoms with Crippen molar-refractivity contribution in [3.05, 3.63) is 0 Å². The van der Waals surface area contributed by atoms with Gasteiger partial charge in [-0.2, -0.15) is 0 Å². The molecule has 17 heavy (non-hydrogen) atoms. The Kier molecular flexibility index (Phi) is 5.19. The van der Waals surface area contributed by atoms with Gasteiger partial charge < -0.3 is 15.1 Å². The molecule has 0 amide bonds. The van der Waals surface area contributed by atoms with Gasteiger partial charge in [0, 0.05) is 31.8 Å². The van der Waals surface area contributed by atoms with E-state index >= 15 is 0 Å². The quantitative estimate of drug-likeness (QED) is 0.760. The Morgan fingerprint density at radius 3 is 2.29 bits per heavy atom. The van der Waals surface area contributed by atoms with Gasteiger partial charge in [0.15, 0.2) is 8.32 Å². The van der Waals surface area contributed by atoms with Crippen LogP contribution in [-0.2, 0) is 4.43 Å². The van der Waals surface area contributed by atoms with Crippen LogP contribution in [0.25, 0.3) is 0 Å². The summed E-state index contributed by atoms with van der Waals surface area (Å²) in [7, 11) is -1.55. The molecule has 2 atom stereocenters. The smallest absolute Gasteiger partial charge is 0.191 e. The van der Waals surface area contributed by atoms with Gasteiger partial charge in [0.25, 0.3) is 0 Å². The normalized spacial score (nSPS) is 27.2. The van der Waals surface area contributed by atoms with Crippen molar-refractivity contribution < 1.29 is 4.43 Å². The fraction of sp³-hybridized carbons (Fsp3) is 1.00. The van der Waals surface area contributed by atoms with Crippen molar-refractivity contribution in [2.45, 2.75) is 64.3 Å². The molecule has 0 spiro atoms. The zero-order valence-electron chi connectivity index (χ0n) is 12.4. The first-order chi connectivity index (χ1) is 7.72. The van der Waals surface area contributed by atoms with Crippen molar-refractivity contribution in [3.63, 3.8) is 0 Å². The molecule has 3 nitrogen and oxygen atoms in total. The van der Waals surface area contributed by atoms with Crippen molar-refractivity contribution in [2.24, 2.45) is 0 Å². The van der Waals surface area contributed by atoms with Crippen LogP contribution < -0.4 is 10.6 Å². The van der Waals surface area contributed by atoms with E-state index < -0.39 is 8.32 Å². The fourth-order valence-electron chi connectivity index (χ4n) is 1.71. The van der Waals surface area contributed by atoms with Gasteiger partial charge in [-0.05, 0) is 31.5 Å². The first-order valence-corrected chi connectivity index (χ1v) is 9.74. The fourth-order valence-corrected chi connectivity index (χ4v) is 2.77. The third kappa shape index (κ3) is 4.70. The van der Waals surface area contributed by atoms with Crippen LogP contribution in [0.4, 0.5) is 0 Å². The molecule has 1 heterocycles. The summed E-state index contributed by atoms with van der Waals surface area (Å²) in [5.41, 5.74) is 0. The summed E-state index contributed by atoms with van der Waals surface area (Å²) in [6.45, 7) is 16.8. The third-order valence-corrected chi connectivity index (χ3v) is 8.70. The maximum Gasteiger partial charge on any atom is 0.191 e. The van der Waals surface area contributed by atoms with Gasteiger partial charge in [-0.3, -0.25) is 0 Å². The first kappa shape index (κ1) is 15.2. The van der Waals surface area contributed by atoms with Crippen LogP contribution in [0.3, 0.4) is 0 Å². The molecule has 0 aromatic heterocycles. The van der Waals surface area contributed by atoms with E-state index in [1.807, 2.05) is 0 Å². The van der Waals surface area contributed by atoms with E-state index in [0.717, 1.165) is 26.1 Å². The van der Waals surface area contributed by atoms with Crippen LogP contribution in [0.15, 0.2) is 0 Å². The van der Waals surface area contributed by atoms with E-state index in [0.29, 0.717) is 17.1 Å². The van der Waals surface area contributed by atoms with E-state index in [1.54, 1.807) is 0 Å². The molecule has 0 unspecified atom stereocenters. The van der Waals surface area contributed by atoms with E-state index in [-0.39, 0.29) is 0 Å². The third-order valence-electron chi connectivity index (χ3n) is 4.16. The number of hydrogen-bond donors (Lipinski definition) is 2. The molecule has 1 fully saturated rings. The molecule has 102 valence electrons. The van der Waals surface area contributed by atoms with E-state index in [9.17, 15) is 0 Å². The van der Waals surface area contributed by atoms with Crippen molar-refractivity contribution in [2.75, 3.05) is 19.7 Å². The molecule has 1 rings (SSSR count). The Labute approximate surface area is 108 Å². The minimum Gasteiger partial charge on any atom is -0.417 e. The lowest BCUT2D eigenvalue weighted by molar-refractivity contribution is 0.245. The van der Waals surface area contributed by atoms with Crippen molar-refractivity contribution >= 4 is 8.32 Å². The lowest BCUT2D eigenvalue weighted by Crippen LogP contribution is -2.53. The zero-order valence-corrected chi connectivity index (χ0v) is 13.4. The zero-order chi connectivity index (χ0) is 13.1. The van der Waals surface area contributed by atoms with E-state index in [1.165, 1.54) is 0 Å². The second kappa shape index (κ2) is 5.82. The summed E-state index contributed by atoms with van der Waals surface area (Å²) >= 11 is 0. The van der Waals surface area contributed by atoms with Gasteiger partial charge in [-0.25, -0.2) is 0 Å². The second-order valence-corrected chi connectivity index (χ2v) is 11.6. The average Bonchev–Trinajstić information content (AvgIpc) is 2.19. The average molecular weight is 258 g/mol. The van der Waals surface area contributed by atoms with Gasteiger partial charge in [-0.1, -0.05) is 20.8 Å². The lowest BCUT2D eigenvalue weighted by Gasteiger charge is -2.37. The lowest BCUT2D eigenvalue weighted by atomic mass is 10.1. The Morgan fingerprint density at radius 1 is 1.18 bits per heavy atom. The first-order valence-electron chi connectivity index (χ1n) is 6.83. The maximum atomic E-state index is 6.19. The van der Waals surface area contributed by atoms with Crippen LogP contribution in [0, 0.1) is 0 Å². The molecule has 0 aliphatic carbocycles. The molecule has 0 bridgehead atoms. The molecular formula is C13H30N2OSi. The van der Waals surface area contributed by atoms with Gasteiger partial charge in [0.05, 0.1) is 0 Å². The standard InChI is InChI=1S/C13H30N2OSi/c1-11-9-15-12(10-14-11)7-8-16-17(5,6)13(2,3)4/h11-12,14-15H,7-10H2,1-6H3/t11-,12+/m1/s1. The Morgan fingerprint density at radius 2 is 1.82 bits per heavy atom. The highest BCUT2D eigenvalue weighted by molar-refractivity contribution is 6.74. The van der Waals surface area contributed by atoms with Gasteiger partial charge in [-0.15, -0.1) is 0 Å². The monoisotopic (exact) mass is 258 g/mol. The molecule has 0 radical (unpaired) electrons. The Balaban J connectivity index is 2.24. The highest BCUT2D eigenvalue weighted by atomic mass is 28.4. The molecule has 2 N–H and O–H groups in total. The van der Waals surface area contributed by atoms with Gasteiger partial charge >= 0.3 is 0 Å². The predicted molar refractivity (Wildman–Crippen MR) is 77.0 cm³/mol. The largest absolute Gasteiger partial charge is 0.417 e. The molecule has 0 aromatic rings. The minimum absolute atomic E-state index is 0.319. The summed E-state index contributed by atoms with van der Waals surface area (Å²) in [6, 6.07) is 1.18. The highest BCUT2D eigenvalue weighted by Crippen LogP contribution is 2.36. The minimum atomic E-state index is -1.55. The van der Waals surface area contributed by atoms with Crippen LogP contribution in [0.5, 0.6) is 0 Å². The van der Waals surface area contributed by atoms with E-state index in [4.69, 9.17) is 4.43 Å². The Bertz CT molecular complexity index is 230. The van der Waals surface area contributed by atoms with Crippen molar-refractivity contribution in [1.29, 1.82) is 0 Å². The number of hydrogen-bond acceptors (Lipinski definition) is 3. The van der Waals surface area contributed by atoms with Crippen LogP contribution in [-0.4, -0.2) is 40.1 Å². The molecule has 0 aromatic carbocycles. The second-order valence-electron chi connectivity index (χ2n) is 6.81. The topological polar surface area (TPSA) is 33.3 Å². The molecular weight excluding hydrogens is 228 g/mol. The summed E-state index contributed by atoms with van der Waals surface area (Å²) in [5.74, 6) is 0. The molecule has 1 saturated heterocycles. The maximum absolute atomic E-state index is 6.19. The van der Waals surface area contributed by atoms with Crippen molar-refractivity contribution in [1.82, 2.24) is 10.6 Å². The van der Waals surface area contributed by atoms with Crippen LogP contribution in [0.1, 0.15) is 34.1 Å². The summed E-state index contributed by atoms with van der Waals surface area (Å²) in [6.07, 6.45) is 1.12. The molecule has 1 aliphatic heterocycles. The van der Waals surface area contributed by atoms with Crippen LogP contribution >= 0.6 is 0 Å². The summed E-state index contributed by atoms with van der Waals surface area (Å²) in [5, 5.41) is 7.39. The highest BCUT2D eigenvalue weighted by Gasteiger charge is 2.37. The molecule has 4 heteroatoms. The molecule has 1 aliphatic rings. The van der Waals surface area contributed by atoms with E-state index in [2.05, 4.69) is 51.4 Å². The predicted octanol–water partition coefficient (Wildman–Crippen LogP) is 2.35. The van der Waals surface area contributed by atoms with Crippen molar-refractivity contribution in [3.8, 4) is 0 Å². The number of piperazine rings is 1. The number of rotatable bonds is 4.